The Hall–Kier alpha value is -3.14. The molecule has 3 aromatic rings. The number of hydrogen-bond acceptors (Lipinski definition) is 3. The molecule has 138 valence electrons. The summed E-state index contributed by atoms with van der Waals surface area (Å²) in [5.74, 6) is 1.24. The van der Waals surface area contributed by atoms with Gasteiger partial charge in [0.05, 0.1) is 11.5 Å². The second-order valence-corrected chi connectivity index (χ2v) is 6.79. The highest BCUT2D eigenvalue weighted by atomic mass is 16.5. The summed E-state index contributed by atoms with van der Waals surface area (Å²) in [6, 6.07) is 16.0. The van der Waals surface area contributed by atoms with Crippen LogP contribution in [0.25, 0.3) is 11.3 Å². The maximum absolute atomic E-state index is 6.20. The van der Waals surface area contributed by atoms with Crippen molar-refractivity contribution in [3.63, 3.8) is 0 Å². The lowest BCUT2D eigenvalue weighted by Gasteiger charge is -2.15. The van der Waals surface area contributed by atoms with E-state index in [4.69, 9.17) is 10.5 Å². The number of rotatable bonds is 5. The SMILES string of the molecule is CC(N)=Nc1ccccc1-c1ncccc1OCc1c(C)cc(C)cc1C. The molecule has 0 unspecified atom stereocenters. The second kappa shape index (κ2) is 8.04. The van der Waals surface area contributed by atoms with Gasteiger partial charge in [-0.1, -0.05) is 35.9 Å². The Labute approximate surface area is 160 Å². The first-order chi connectivity index (χ1) is 13.0. The fraction of sp³-hybridized carbons (Fsp3) is 0.217. The van der Waals surface area contributed by atoms with Crippen molar-refractivity contribution >= 4 is 11.5 Å². The van der Waals surface area contributed by atoms with Gasteiger partial charge in [-0.2, -0.15) is 0 Å². The highest BCUT2D eigenvalue weighted by Crippen LogP contribution is 2.35. The number of nitrogens with zero attached hydrogens (tertiary/aromatic N) is 2. The zero-order valence-electron chi connectivity index (χ0n) is 16.3. The number of para-hydroxylation sites is 1. The molecule has 0 saturated carbocycles. The van der Waals surface area contributed by atoms with Crippen molar-refractivity contribution in [2.45, 2.75) is 34.3 Å². The zero-order valence-corrected chi connectivity index (χ0v) is 16.3. The summed E-state index contributed by atoms with van der Waals surface area (Å²) in [4.78, 5) is 8.99. The van der Waals surface area contributed by atoms with Crippen molar-refractivity contribution in [1.29, 1.82) is 0 Å². The number of amidine groups is 1. The normalized spacial score (nSPS) is 11.5. The number of aliphatic imine (C=N–C) groups is 1. The van der Waals surface area contributed by atoms with E-state index in [1.165, 1.54) is 22.3 Å². The summed E-state index contributed by atoms with van der Waals surface area (Å²) >= 11 is 0. The predicted octanol–water partition coefficient (Wildman–Crippen LogP) is 5.26. The van der Waals surface area contributed by atoms with Crippen molar-refractivity contribution in [3.8, 4) is 17.0 Å². The highest BCUT2D eigenvalue weighted by molar-refractivity contribution is 5.85. The van der Waals surface area contributed by atoms with Gasteiger partial charge in [-0.15, -0.1) is 0 Å². The van der Waals surface area contributed by atoms with Crippen LogP contribution in [0.3, 0.4) is 0 Å². The molecule has 0 atom stereocenters. The Morgan fingerprint density at radius 2 is 1.74 bits per heavy atom. The molecular formula is C23H25N3O. The van der Waals surface area contributed by atoms with Crippen LogP contribution >= 0.6 is 0 Å². The van der Waals surface area contributed by atoms with Gasteiger partial charge >= 0.3 is 0 Å². The predicted molar refractivity (Wildman–Crippen MR) is 112 cm³/mol. The van der Waals surface area contributed by atoms with Crippen molar-refractivity contribution in [3.05, 3.63) is 77.0 Å². The van der Waals surface area contributed by atoms with E-state index in [2.05, 4.69) is 42.9 Å². The molecule has 1 heterocycles. The summed E-state index contributed by atoms with van der Waals surface area (Å²) in [5.41, 5.74) is 13.2. The van der Waals surface area contributed by atoms with Crippen LogP contribution in [-0.4, -0.2) is 10.8 Å². The molecule has 0 fully saturated rings. The van der Waals surface area contributed by atoms with Crippen LogP contribution in [0.15, 0.2) is 59.7 Å². The Morgan fingerprint density at radius 1 is 1.04 bits per heavy atom. The quantitative estimate of drug-likeness (QED) is 0.499. The Morgan fingerprint density at radius 3 is 2.44 bits per heavy atom. The summed E-state index contributed by atoms with van der Waals surface area (Å²) in [6.45, 7) is 8.63. The first-order valence-corrected chi connectivity index (χ1v) is 9.00. The Balaban J connectivity index is 1.96. The van der Waals surface area contributed by atoms with Gasteiger partial charge < -0.3 is 10.5 Å². The van der Waals surface area contributed by atoms with E-state index >= 15 is 0 Å². The van der Waals surface area contributed by atoms with Gasteiger partial charge in [-0.3, -0.25) is 4.98 Å². The Bertz CT molecular complexity index is 965. The summed E-state index contributed by atoms with van der Waals surface area (Å²) < 4.78 is 6.20. The van der Waals surface area contributed by atoms with Gasteiger partial charge in [0, 0.05) is 11.8 Å². The van der Waals surface area contributed by atoms with Gasteiger partial charge in [-0.05, 0) is 62.6 Å². The van der Waals surface area contributed by atoms with E-state index in [0.717, 1.165) is 22.7 Å². The van der Waals surface area contributed by atoms with Crippen LogP contribution in [0.2, 0.25) is 0 Å². The molecule has 0 aliphatic carbocycles. The zero-order chi connectivity index (χ0) is 19.4. The largest absolute Gasteiger partial charge is 0.487 e. The van der Waals surface area contributed by atoms with Crippen LogP contribution in [0.5, 0.6) is 5.75 Å². The molecule has 0 aliphatic rings. The molecule has 1 aromatic heterocycles. The average molecular weight is 359 g/mol. The summed E-state index contributed by atoms with van der Waals surface area (Å²) in [7, 11) is 0. The molecule has 0 bridgehead atoms. The number of ether oxygens (including phenoxy) is 1. The topological polar surface area (TPSA) is 60.5 Å². The first-order valence-electron chi connectivity index (χ1n) is 9.00. The minimum Gasteiger partial charge on any atom is -0.487 e. The van der Waals surface area contributed by atoms with Crippen LogP contribution in [-0.2, 0) is 6.61 Å². The lowest BCUT2D eigenvalue weighted by molar-refractivity contribution is 0.305. The van der Waals surface area contributed by atoms with Gasteiger partial charge in [0.15, 0.2) is 0 Å². The van der Waals surface area contributed by atoms with E-state index in [0.29, 0.717) is 12.4 Å². The Kier molecular flexibility index (Phi) is 5.55. The van der Waals surface area contributed by atoms with Crippen LogP contribution in [0.4, 0.5) is 5.69 Å². The summed E-state index contributed by atoms with van der Waals surface area (Å²) in [6.07, 6.45) is 1.76. The number of benzene rings is 2. The van der Waals surface area contributed by atoms with Gasteiger partial charge in [0.1, 0.15) is 18.1 Å². The third-order valence-electron chi connectivity index (χ3n) is 4.44. The number of aromatic nitrogens is 1. The van der Waals surface area contributed by atoms with Crippen molar-refractivity contribution < 1.29 is 4.74 Å². The third kappa shape index (κ3) is 4.34. The molecule has 3 rings (SSSR count). The molecule has 0 amide bonds. The lowest BCUT2D eigenvalue weighted by Crippen LogP contribution is -2.04. The minimum atomic E-state index is 0.498. The molecular weight excluding hydrogens is 334 g/mol. The van der Waals surface area contributed by atoms with E-state index in [1.54, 1.807) is 13.1 Å². The van der Waals surface area contributed by atoms with Crippen LogP contribution in [0.1, 0.15) is 29.2 Å². The fourth-order valence-corrected chi connectivity index (χ4v) is 3.26. The molecule has 0 saturated heterocycles. The molecule has 4 heteroatoms. The van der Waals surface area contributed by atoms with Crippen molar-refractivity contribution in [2.24, 2.45) is 10.7 Å². The maximum Gasteiger partial charge on any atom is 0.146 e. The lowest BCUT2D eigenvalue weighted by atomic mass is 10.0. The minimum absolute atomic E-state index is 0.498. The van der Waals surface area contributed by atoms with E-state index in [-0.39, 0.29) is 0 Å². The monoisotopic (exact) mass is 359 g/mol. The van der Waals surface area contributed by atoms with E-state index in [1.807, 2.05) is 36.4 Å². The van der Waals surface area contributed by atoms with E-state index in [9.17, 15) is 0 Å². The highest BCUT2D eigenvalue weighted by Gasteiger charge is 2.13. The number of hydrogen-bond donors (Lipinski definition) is 1. The molecule has 0 aliphatic heterocycles. The standard InChI is InChI=1S/C23H25N3O/c1-15-12-16(2)20(17(3)13-15)14-27-22-10-7-11-25-23(22)19-8-5-6-9-21(19)26-18(4)24/h5-13H,14H2,1-4H3,(H2,24,26). The fourth-order valence-electron chi connectivity index (χ4n) is 3.26. The van der Waals surface area contributed by atoms with Gasteiger partial charge in [0.25, 0.3) is 0 Å². The molecule has 27 heavy (non-hydrogen) atoms. The third-order valence-corrected chi connectivity index (χ3v) is 4.44. The maximum atomic E-state index is 6.20. The first kappa shape index (κ1) is 18.6. The van der Waals surface area contributed by atoms with Crippen LogP contribution in [0, 0.1) is 20.8 Å². The molecule has 0 radical (unpaired) electrons. The van der Waals surface area contributed by atoms with Crippen molar-refractivity contribution in [2.75, 3.05) is 0 Å². The molecule has 4 nitrogen and oxygen atoms in total. The van der Waals surface area contributed by atoms with Gasteiger partial charge in [0.2, 0.25) is 0 Å². The summed E-state index contributed by atoms with van der Waals surface area (Å²) in [5, 5.41) is 0. The molecule has 2 N–H and O–H groups in total. The van der Waals surface area contributed by atoms with Gasteiger partial charge in [-0.25, -0.2) is 4.99 Å². The number of nitrogens with two attached hydrogens (primary N) is 1. The molecule has 2 aromatic carbocycles. The average Bonchev–Trinajstić information content (AvgIpc) is 2.61. The number of pyridine rings is 1. The molecule has 0 spiro atoms. The number of aryl methyl sites for hydroxylation is 3. The smallest absolute Gasteiger partial charge is 0.146 e. The van der Waals surface area contributed by atoms with Crippen molar-refractivity contribution in [1.82, 2.24) is 4.98 Å². The van der Waals surface area contributed by atoms with E-state index < -0.39 is 0 Å². The van der Waals surface area contributed by atoms with Crippen LogP contribution < -0.4 is 10.5 Å². The second-order valence-electron chi connectivity index (χ2n) is 6.79.